The molecule has 0 aliphatic heterocycles. The summed E-state index contributed by atoms with van der Waals surface area (Å²) < 4.78 is 33.0. The van der Waals surface area contributed by atoms with Gasteiger partial charge in [0.2, 0.25) is 0 Å². The van der Waals surface area contributed by atoms with Gasteiger partial charge in [0.15, 0.2) is 5.89 Å². The molecule has 0 saturated carbocycles. The van der Waals surface area contributed by atoms with E-state index in [2.05, 4.69) is 9.71 Å². The van der Waals surface area contributed by atoms with Crippen molar-refractivity contribution < 1.29 is 22.7 Å². The van der Waals surface area contributed by atoms with Gasteiger partial charge in [-0.2, -0.15) is 0 Å². The van der Waals surface area contributed by atoms with Gasteiger partial charge in [-0.05, 0) is 43.2 Å². The van der Waals surface area contributed by atoms with Gasteiger partial charge in [0.05, 0.1) is 16.1 Å². The lowest BCUT2D eigenvalue weighted by molar-refractivity contribution is 0.0698. The number of nitrogens with zero attached hydrogens (tertiary/aromatic N) is 1. The fourth-order valence-corrected chi connectivity index (χ4v) is 3.92. The number of rotatable bonds is 5. The van der Waals surface area contributed by atoms with Crippen molar-refractivity contribution in [2.45, 2.75) is 25.7 Å². The Balaban J connectivity index is 1.95. The number of oxazole rings is 1. The lowest BCUT2D eigenvalue weighted by atomic mass is 10.0. The number of aryl methyl sites for hydroxylation is 3. The van der Waals surface area contributed by atoms with Gasteiger partial charge in [0, 0.05) is 12.5 Å². The van der Waals surface area contributed by atoms with E-state index < -0.39 is 16.0 Å². The zero-order valence-electron chi connectivity index (χ0n) is 15.0. The van der Waals surface area contributed by atoms with Crippen molar-refractivity contribution >= 4 is 21.7 Å². The number of carbonyl (C=O) groups is 1. The van der Waals surface area contributed by atoms with Gasteiger partial charge in [0.25, 0.3) is 10.0 Å². The van der Waals surface area contributed by atoms with Gasteiger partial charge in [-0.1, -0.05) is 18.2 Å². The van der Waals surface area contributed by atoms with Crippen molar-refractivity contribution in [3.8, 4) is 11.3 Å². The minimum Gasteiger partial charge on any atom is -0.478 e. The molecule has 0 amide bonds. The number of carboxylic acids is 1. The summed E-state index contributed by atoms with van der Waals surface area (Å²) >= 11 is 0. The van der Waals surface area contributed by atoms with Gasteiger partial charge in [0.1, 0.15) is 12.0 Å². The number of carboxylic acid groups (broad SMARTS) is 1. The van der Waals surface area contributed by atoms with Crippen LogP contribution in [-0.4, -0.2) is 24.5 Å². The molecule has 1 aromatic heterocycles. The Kier molecular flexibility index (Phi) is 4.75. The molecule has 27 heavy (non-hydrogen) atoms. The normalized spacial score (nSPS) is 11.4. The topological polar surface area (TPSA) is 110 Å². The van der Waals surface area contributed by atoms with E-state index in [9.17, 15) is 18.3 Å². The molecule has 140 valence electrons. The molecular weight excluding hydrogens is 368 g/mol. The van der Waals surface area contributed by atoms with Gasteiger partial charge in [-0.15, -0.1) is 0 Å². The zero-order valence-corrected chi connectivity index (χ0v) is 15.8. The Morgan fingerprint density at radius 3 is 2.33 bits per heavy atom. The lowest BCUT2D eigenvalue weighted by Gasteiger charge is -2.14. The SMILES string of the molecule is Cc1cc(C)c(NS(=O)(=O)c2ccc(-c3coc(C)n3)cc2)c(C(=O)O)c1. The largest absolute Gasteiger partial charge is 0.478 e. The number of sulfonamides is 1. The Hall–Kier alpha value is -3.13. The fraction of sp³-hybridized carbons (Fsp3) is 0.158. The standard InChI is InChI=1S/C19H18N2O5S/c1-11-8-12(2)18(16(9-11)19(22)23)21-27(24,25)15-6-4-14(5-7-15)17-10-26-13(3)20-17/h4-10,21H,1-3H3,(H,22,23). The van der Waals surface area contributed by atoms with E-state index in [4.69, 9.17) is 4.42 Å². The van der Waals surface area contributed by atoms with Crippen LogP contribution < -0.4 is 4.72 Å². The quantitative estimate of drug-likeness (QED) is 0.691. The zero-order chi connectivity index (χ0) is 19.8. The number of benzene rings is 2. The minimum absolute atomic E-state index is 0.0165. The van der Waals surface area contributed by atoms with Crippen molar-refractivity contribution in [2.24, 2.45) is 0 Å². The molecule has 0 saturated heterocycles. The van der Waals surface area contributed by atoms with Crippen molar-refractivity contribution in [3.05, 3.63) is 65.2 Å². The first-order valence-corrected chi connectivity index (χ1v) is 9.55. The number of hydrogen-bond acceptors (Lipinski definition) is 5. The van der Waals surface area contributed by atoms with E-state index in [-0.39, 0.29) is 16.1 Å². The molecule has 0 unspecified atom stereocenters. The monoisotopic (exact) mass is 386 g/mol. The maximum Gasteiger partial charge on any atom is 0.337 e. The number of aromatic carboxylic acids is 1. The van der Waals surface area contributed by atoms with Crippen LogP contribution in [0.2, 0.25) is 0 Å². The van der Waals surface area contributed by atoms with Crippen molar-refractivity contribution in [1.82, 2.24) is 4.98 Å². The summed E-state index contributed by atoms with van der Waals surface area (Å²) in [5, 5.41) is 9.40. The van der Waals surface area contributed by atoms with Crippen LogP contribution in [0, 0.1) is 20.8 Å². The van der Waals surface area contributed by atoms with Crippen LogP contribution in [0.3, 0.4) is 0 Å². The predicted molar refractivity (Wildman–Crippen MR) is 100 cm³/mol. The van der Waals surface area contributed by atoms with Crippen LogP contribution in [0.1, 0.15) is 27.4 Å². The van der Waals surface area contributed by atoms with Crippen LogP contribution in [-0.2, 0) is 10.0 Å². The molecule has 1 heterocycles. The molecule has 3 aromatic rings. The highest BCUT2D eigenvalue weighted by Gasteiger charge is 2.21. The van der Waals surface area contributed by atoms with Gasteiger partial charge in [-0.3, -0.25) is 4.72 Å². The van der Waals surface area contributed by atoms with E-state index in [0.29, 0.717) is 22.7 Å². The van der Waals surface area contributed by atoms with Crippen LogP contribution in [0.5, 0.6) is 0 Å². The van der Waals surface area contributed by atoms with E-state index in [1.807, 2.05) is 0 Å². The number of nitrogens with one attached hydrogen (secondary N) is 1. The van der Waals surface area contributed by atoms with E-state index in [0.717, 1.165) is 5.56 Å². The first-order valence-electron chi connectivity index (χ1n) is 8.07. The molecule has 2 aromatic carbocycles. The second kappa shape index (κ2) is 6.88. The summed E-state index contributed by atoms with van der Waals surface area (Å²) in [6.45, 7) is 5.13. The predicted octanol–water partition coefficient (Wildman–Crippen LogP) is 3.77. The molecule has 0 fully saturated rings. The minimum atomic E-state index is -3.96. The number of aromatic nitrogens is 1. The molecule has 7 nitrogen and oxygen atoms in total. The summed E-state index contributed by atoms with van der Waals surface area (Å²) in [5.74, 6) is -0.685. The van der Waals surface area contributed by atoms with Crippen molar-refractivity contribution in [2.75, 3.05) is 4.72 Å². The van der Waals surface area contributed by atoms with Crippen molar-refractivity contribution in [1.29, 1.82) is 0 Å². The second-order valence-corrected chi connectivity index (χ2v) is 7.87. The van der Waals surface area contributed by atoms with Crippen molar-refractivity contribution in [3.63, 3.8) is 0 Å². The Morgan fingerprint density at radius 2 is 1.78 bits per heavy atom. The third kappa shape index (κ3) is 3.85. The smallest absolute Gasteiger partial charge is 0.337 e. The summed E-state index contributed by atoms with van der Waals surface area (Å²) in [4.78, 5) is 15.7. The highest BCUT2D eigenvalue weighted by atomic mass is 32.2. The molecule has 0 aliphatic rings. The van der Waals surface area contributed by atoms with Crippen LogP contribution in [0.4, 0.5) is 5.69 Å². The average molecular weight is 386 g/mol. The van der Waals surface area contributed by atoms with Gasteiger partial charge >= 0.3 is 5.97 Å². The maximum absolute atomic E-state index is 12.7. The van der Waals surface area contributed by atoms with Gasteiger partial charge in [-0.25, -0.2) is 18.2 Å². The molecular formula is C19H18N2O5S. The molecule has 3 rings (SSSR count). The highest BCUT2D eigenvalue weighted by molar-refractivity contribution is 7.92. The summed E-state index contributed by atoms with van der Waals surface area (Å²) in [6, 6.07) is 9.26. The Labute approximate surface area is 156 Å². The van der Waals surface area contributed by atoms with Crippen LogP contribution >= 0.6 is 0 Å². The lowest BCUT2D eigenvalue weighted by Crippen LogP contribution is -2.17. The summed E-state index contributed by atoms with van der Waals surface area (Å²) in [6.07, 6.45) is 1.49. The number of hydrogen-bond donors (Lipinski definition) is 2. The third-order valence-electron chi connectivity index (χ3n) is 4.03. The molecule has 0 bridgehead atoms. The first-order chi connectivity index (χ1) is 12.7. The Bertz CT molecular complexity index is 1120. The molecule has 2 N–H and O–H groups in total. The first kappa shape index (κ1) is 18.7. The highest BCUT2D eigenvalue weighted by Crippen LogP contribution is 2.27. The van der Waals surface area contributed by atoms with E-state index >= 15 is 0 Å². The molecule has 0 atom stereocenters. The average Bonchev–Trinajstić information content (AvgIpc) is 3.03. The molecule has 0 spiro atoms. The summed E-state index contributed by atoms with van der Waals surface area (Å²) in [7, 11) is -3.96. The van der Waals surface area contributed by atoms with Crippen LogP contribution in [0.25, 0.3) is 11.3 Å². The molecule has 8 heteroatoms. The maximum atomic E-state index is 12.7. The number of anilines is 1. The fourth-order valence-electron chi connectivity index (χ4n) is 2.77. The van der Waals surface area contributed by atoms with Crippen LogP contribution in [0.15, 0.2) is 52.0 Å². The molecule has 0 radical (unpaired) electrons. The second-order valence-electron chi connectivity index (χ2n) is 6.19. The van der Waals surface area contributed by atoms with E-state index in [1.54, 1.807) is 39.0 Å². The summed E-state index contributed by atoms with van der Waals surface area (Å²) in [5.41, 5.74) is 2.55. The Morgan fingerprint density at radius 1 is 1.11 bits per heavy atom. The third-order valence-corrected chi connectivity index (χ3v) is 5.39. The van der Waals surface area contributed by atoms with Gasteiger partial charge < -0.3 is 9.52 Å². The molecule has 0 aliphatic carbocycles. The van der Waals surface area contributed by atoms with E-state index in [1.165, 1.54) is 24.5 Å².